The van der Waals surface area contributed by atoms with E-state index in [4.69, 9.17) is 5.11 Å². The van der Waals surface area contributed by atoms with Crippen LogP contribution in [0.5, 0.6) is 0 Å². The second-order valence-electron chi connectivity index (χ2n) is 3.05. The van der Waals surface area contributed by atoms with E-state index in [2.05, 4.69) is 10.2 Å². The smallest absolute Gasteiger partial charge is 0.313 e. The fourth-order valence-corrected chi connectivity index (χ4v) is 1.89. The van der Waals surface area contributed by atoms with Crippen molar-refractivity contribution in [2.45, 2.75) is 12.1 Å². The normalized spacial score (nSPS) is 10.7. The highest BCUT2D eigenvalue weighted by Gasteiger charge is 2.08. The van der Waals surface area contributed by atoms with Crippen molar-refractivity contribution < 1.29 is 9.90 Å². The molecule has 6 heteroatoms. The van der Waals surface area contributed by atoms with Crippen LogP contribution in [0.3, 0.4) is 0 Å². The third-order valence-corrected chi connectivity index (χ3v) is 2.85. The Morgan fingerprint density at radius 1 is 1.60 bits per heavy atom. The zero-order chi connectivity index (χ0) is 10.8. The second-order valence-corrected chi connectivity index (χ2v) is 3.99. The molecule has 0 aliphatic heterocycles. The molecule has 0 aromatic carbocycles. The van der Waals surface area contributed by atoms with Crippen molar-refractivity contribution in [2.24, 2.45) is 0 Å². The summed E-state index contributed by atoms with van der Waals surface area (Å²) in [6.45, 7) is 1.94. The molecule has 2 aromatic heterocycles. The molecule has 0 unspecified atom stereocenters. The number of aryl methyl sites for hydroxylation is 1. The molecular weight excluding hydrogens is 214 g/mol. The number of carbonyl (C=O) groups is 1. The number of aromatic nitrogens is 3. The lowest BCUT2D eigenvalue weighted by molar-refractivity contribution is -0.133. The summed E-state index contributed by atoms with van der Waals surface area (Å²) in [5, 5.41) is 17.1. The lowest BCUT2D eigenvalue weighted by atomic mass is 10.3. The van der Waals surface area contributed by atoms with Crippen LogP contribution < -0.4 is 0 Å². The summed E-state index contributed by atoms with van der Waals surface area (Å²) >= 11 is 1.16. The van der Waals surface area contributed by atoms with E-state index in [0.29, 0.717) is 5.16 Å². The fraction of sp³-hybridized carbons (Fsp3) is 0.222. The number of carboxylic acids is 1. The van der Waals surface area contributed by atoms with Crippen LogP contribution in [0.4, 0.5) is 0 Å². The van der Waals surface area contributed by atoms with E-state index < -0.39 is 5.97 Å². The maximum absolute atomic E-state index is 10.4. The molecule has 0 aliphatic carbocycles. The van der Waals surface area contributed by atoms with E-state index in [1.165, 1.54) is 0 Å². The van der Waals surface area contributed by atoms with Crippen molar-refractivity contribution in [1.29, 1.82) is 0 Å². The highest BCUT2D eigenvalue weighted by atomic mass is 32.2. The van der Waals surface area contributed by atoms with Crippen molar-refractivity contribution in [3.63, 3.8) is 0 Å². The van der Waals surface area contributed by atoms with Crippen molar-refractivity contribution in [1.82, 2.24) is 14.6 Å². The standard InChI is InChI=1S/C9H9N3O2S/c1-6-3-2-4-12-8(6)10-11-9(12)15-5-7(13)14/h2-4H,5H2,1H3,(H,13,14). The molecule has 0 bridgehead atoms. The molecule has 0 spiro atoms. The van der Waals surface area contributed by atoms with Gasteiger partial charge in [-0.25, -0.2) is 0 Å². The van der Waals surface area contributed by atoms with Crippen molar-refractivity contribution in [2.75, 3.05) is 5.75 Å². The third-order valence-electron chi connectivity index (χ3n) is 1.92. The van der Waals surface area contributed by atoms with Crippen LogP contribution in [-0.4, -0.2) is 31.4 Å². The predicted octanol–water partition coefficient (Wildman–Crippen LogP) is 1.21. The second kappa shape index (κ2) is 3.90. The molecule has 0 radical (unpaired) electrons. The van der Waals surface area contributed by atoms with Gasteiger partial charge in [0.15, 0.2) is 10.8 Å². The number of nitrogens with zero attached hydrogens (tertiary/aromatic N) is 3. The van der Waals surface area contributed by atoms with Gasteiger partial charge >= 0.3 is 5.97 Å². The first-order chi connectivity index (χ1) is 7.18. The van der Waals surface area contributed by atoms with Crippen molar-refractivity contribution >= 4 is 23.4 Å². The van der Waals surface area contributed by atoms with Gasteiger partial charge in [0.25, 0.3) is 0 Å². The van der Waals surface area contributed by atoms with Crippen molar-refractivity contribution in [3.8, 4) is 0 Å². The van der Waals surface area contributed by atoms with Crippen LogP contribution in [0, 0.1) is 6.92 Å². The molecule has 0 saturated heterocycles. The van der Waals surface area contributed by atoms with Crippen molar-refractivity contribution in [3.05, 3.63) is 23.9 Å². The first-order valence-electron chi connectivity index (χ1n) is 4.33. The van der Waals surface area contributed by atoms with E-state index in [9.17, 15) is 4.79 Å². The average Bonchev–Trinajstić information content (AvgIpc) is 2.59. The van der Waals surface area contributed by atoms with E-state index in [1.807, 2.05) is 25.3 Å². The first kappa shape index (κ1) is 9.97. The number of fused-ring (bicyclic) bond motifs is 1. The van der Waals surface area contributed by atoms with Crippen LogP contribution in [0.15, 0.2) is 23.5 Å². The highest BCUT2D eigenvalue weighted by molar-refractivity contribution is 7.99. The topological polar surface area (TPSA) is 67.5 Å². The van der Waals surface area contributed by atoms with Gasteiger partial charge in [-0.3, -0.25) is 9.20 Å². The SMILES string of the molecule is Cc1cccn2c(SCC(=O)O)nnc12. The Kier molecular flexibility index (Phi) is 2.59. The third kappa shape index (κ3) is 1.94. The number of hydrogen-bond donors (Lipinski definition) is 1. The number of pyridine rings is 1. The number of hydrogen-bond acceptors (Lipinski definition) is 4. The van der Waals surface area contributed by atoms with E-state index in [1.54, 1.807) is 4.40 Å². The molecule has 2 heterocycles. The summed E-state index contributed by atoms with van der Waals surface area (Å²) in [7, 11) is 0. The quantitative estimate of drug-likeness (QED) is 0.792. The fourth-order valence-electron chi connectivity index (χ4n) is 1.25. The van der Waals surface area contributed by atoms with Gasteiger partial charge in [-0.2, -0.15) is 0 Å². The Hall–Kier alpha value is -1.56. The molecule has 78 valence electrons. The largest absolute Gasteiger partial charge is 0.481 e. The molecule has 0 atom stereocenters. The van der Waals surface area contributed by atoms with Crippen LogP contribution >= 0.6 is 11.8 Å². The molecule has 1 N–H and O–H groups in total. The Balaban J connectivity index is 2.37. The molecule has 2 rings (SSSR count). The maximum Gasteiger partial charge on any atom is 0.313 e. The summed E-state index contributed by atoms with van der Waals surface area (Å²) in [6.07, 6.45) is 1.83. The van der Waals surface area contributed by atoms with Gasteiger partial charge in [0.05, 0.1) is 5.75 Å². The highest BCUT2D eigenvalue weighted by Crippen LogP contribution is 2.17. The van der Waals surface area contributed by atoms with E-state index in [-0.39, 0.29) is 5.75 Å². The average molecular weight is 223 g/mol. The van der Waals surface area contributed by atoms with Gasteiger partial charge in [-0.1, -0.05) is 17.8 Å². The summed E-state index contributed by atoms with van der Waals surface area (Å²) in [5.41, 5.74) is 1.79. The lowest BCUT2D eigenvalue weighted by Crippen LogP contribution is -1.99. The zero-order valence-corrected chi connectivity index (χ0v) is 8.86. The number of aliphatic carboxylic acids is 1. The number of rotatable bonds is 3. The zero-order valence-electron chi connectivity index (χ0n) is 8.04. The minimum absolute atomic E-state index is 0.00522. The summed E-state index contributed by atoms with van der Waals surface area (Å²) in [4.78, 5) is 10.4. The minimum atomic E-state index is -0.857. The summed E-state index contributed by atoms with van der Waals surface area (Å²) in [6, 6.07) is 3.83. The molecular formula is C9H9N3O2S. The molecule has 2 aromatic rings. The van der Waals surface area contributed by atoms with Crippen LogP contribution in [0.2, 0.25) is 0 Å². The predicted molar refractivity (Wildman–Crippen MR) is 56.1 cm³/mol. The Morgan fingerprint density at radius 2 is 2.40 bits per heavy atom. The summed E-state index contributed by atoms with van der Waals surface area (Å²) < 4.78 is 1.79. The molecule has 0 aliphatic rings. The summed E-state index contributed by atoms with van der Waals surface area (Å²) in [5.74, 6) is -0.862. The Morgan fingerprint density at radius 3 is 3.13 bits per heavy atom. The monoisotopic (exact) mass is 223 g/mol. The number of thioether (sulfide) groups is 1. The molecule has 15 heavy (non-hydrogen) atoms. The van der Waals surface area contributed by atoms with Gasteiger partial charge < -0.3 is 5.11 Å². The Labute approximate surface area is 90.1 Å². The van der Waals surface area contributed by atoms with Gasteiger partial charge in [-0.15, -0.1) is 10.2 Å². The maximum atomic E-state index is 10.4. The molecule has 5 nitrogen and oxygen atoms in total. The van der Waals surface area contributed by atoms with Crippen LogP contribution in [-0.2, 0) is 4.79 Å². The van der Waals surface area contributed by atoms with Crippen LogP contribution in [0.25, 0.3) is 5.65 Å². The molecule has 0 fully saturated rings. The van der Waals surface area contributed by atoms with Gasteiger partial charge in [0.2, 0.25) is 0 Å². The van der Waals surface area contributed by atoms with E-state index >= 15 is 0 Å². The van der Waals surface area contributed by atoms with E-state index in [0.717, 1.165) is 23.0 Å². The van der Waals surface area contributed by atoms with Gasteiger partial charge in [-0.05, 0) is 18.6 Å². The lowest BCUT2D eigenvalue weighted by Gasteiger charge is -1.98. The molecule has 0 amide bonds. The minimum Gasteiger partial charge on any atom is -0.481 e. The van der Waals surface area contributed by atoms with Gasteiger partial charge in [0, 0.05) is 6.20 Å². The molecule has 0 saturated carbocycles. The van der Waals surface area contributed by atoms with Crippen LogP contribution in [0.1, 0.15) is 5.56 Å². The first-order valence-corrected chi connectivity index (χ1v) is 5.32. The number of carboxylic acid groups (broad SMARTS) is 1. The Bertz CT molecular complexity index is 509. The van der Waals surface area contributed by atoms with Gasteiger partial charge in [0.1, 0.15) is 0 Å².